The molecule has 0 N–H and O–H groups in total. The molecule has 23 heavy (non-hydrogen) atoms. The predicted octanol–water partition coefficient (Wildman–Crippen LogP) is 3.13. The highest BCUT2D eigenvalue weighted by Crippen LogP contribution is 2.16. The maximum atomic E-state index is 12.5. The lowest BCUT2D eigenvalue weighted by atomic mass is 10.2. The Labute approximate surface area is 143 Å². The van der Waals surface area contributed by atoms with Gasteiger partial charge in [0.05, 0.1) is 4.53 Å². The second-order valence-corrected chi connectivity index (χ2v) is 6.89. The van der Waals surface area contributed by atoms with Crippen molar-refractivity contribution >= 4 is 38.3 Å². The number of thiazole rings is 1. The third kappa shape index (κ3) is 2.71. The van der Waals surface area contributed by atoms with Gasteiger partial charge >= 0.3 is 0 Å². The number of hydrogen-bond acceptors (Lipinski definition) is 4. The quantitative estimate of drug-likeness (QED) is 0.534. The molecular weight excluding hydrogens is 374 g/mol. The zero-order valence-electron chi connectivity index (χ0n) is 11.8. The van der Waals surface area contributed by atoms with Crippen molar-refractivity contribution in [3.63, 3.8) is 0 Å². The molecule has 0 saturated heterocycles. The third-order valence-corrected chi connectivity index (χ3v) is 4.87. The fourth-order valence-electron chi connectivity index (χ4n) is 2.25. The van der Waals surface area contributed by atoms with Crippen LogP contribution in [0.5, 0.6) is 0 Å². The van der Waals surface area contributed by atoms with Crippen LogP contribution in [-0.4, -0.2) is 14.6 Å². The summed E-state index contributed by atoms with van der Waals surface area (Å²) >= 11 is 4.75. The highest BCUT2D eigenvalue weighted by Gasteiger charge is 2.11. The molecule has 4 rings (SSSR count). The van der Waals surface area contributed by atoms with Crippen LogP contribution in [0, 0.1) is 0 Å². The van der Waals surface area contributed by atoms with E-state index in [2.05, 4.69) is 26.0 Å². The Morgan fingerprint density at radius 3 is 2.48 bits per heavy atom. The monoisotopic (exact) mass is 383 g/mol. The van der Waals surface area contributed by atoms with Gasteiger partial charge in [0.25, 0.3) is 5.56 Å². The lowest BCUT2D eigenvalue weighted by molar-refractivity contribution is 0.937. The van der Waals surface area contributed by atoms with Gasteiger partial charge in [-0.25, -0.2) is 0 Å². The normalized spacial score (nSPS) is 12.1. The average molecular weight is 384 g/mol. The zero-order chi connectivity index (χ0) is 15.8. The fraction of sp³-hybridized carbons (Fsp3) is 0. The van der Waals surface area contributed by atoms with Gasteiger partial charge in [-0.2, -0.15) is 9.50 Å². The lowest BCUT2D eigenvalue weighted by Crippen LogP contribution is -2.23. The topological polar surface area (TPSA) is 47.3 Å². The second kappa shape index (κ2) is 5.72. The van der Waals surface area contributed by atoms with Crippen molar-refractivity contribution in [1.29, 1.82) is 0 Å². The maximum absolute atomic E-state index is 12.5. The smallest absolute Gasteiger partial charge is 0.266 e. The first-order chi connectivity index (χ1) is 11.2. The molecule has 4 nitrogen and oxygen atoms in total. The van der Waals surface area contributed by atoms with Crippen LogP contribution in [0.1, 0.15) is 5.56 Å². The molecule has 0 saturated carbocycles. The first-order valence-electron chi connectivity index (χ1n) is 6.93. The molecular formula is C17H10BrN3OS. The molecule has 0 amide bonds. The largest absolute Gasteiger partial charge is 0.291 e. The zero-order valence-corrected chi connectivity index (χ0v) is 14.2. The summed E-state index contributed by atoms with van der Waals surface area (Å²) in [6.45, 7) is 0. The van der Waals surface area contributed by atoms with E-state index in [9.17, 15) is 4.79 Å². The number of fused-ring (bicyclic) bond motifs is 1. The second-order valence-electron chi connectivity index (χ2n) is 4.96. The molecule has 0 aliphatic heterocycles. The Kier molecular flexibility index (Phi) is 3.55. The third-order valence-electron chi connectivity index (χ3n) is 3.38. The SMILES string of the molecule is O=c1/c(=C/c2ccc(Br)cc2)sc2nc(-c3ccccc3)nn12. The molecule has 0 atom stereocenters. The Balaban J connectivity index is 1.82. The van der Waals surface area contributed by atoms with Crippen LogP contribution in [0.3, 0.4) is 0 Å². The van der Waals surface area contributed by atoms with Crippen molar-refractivity contribution < 1.29 is 0 Å². The summed E-state index contributed by atoms with van der Waals surface area (Å²) in [5, 5.41) is 4.33. The minimum Gasteiger partial charge on any atom is -0.266 e. The maximum Gasteiger partial charge on any atom is 0.291 e. The molecule has 2 heterocycles. The number of halogens is 1. The molecule has 0 aliphatic carbocycles. The Hall–Kier alpha value is -2.31. The van der Waals surface area contributed by atoms with Crippen LogP contribution >= 0.6 is 27.3 Å². The fourth-order valence-corrected chi connectivity index (χ4v) is 3.43. The lowest BCUT2D eigenvalue weighted by Gasteiger charge is -1.92. The Morgan fingerprint density at radius 1 is 1.04 bits per heavy atom. The minimum absolute atomic E-state index is 0.136. The highest BCUT2D eigenvalue weighted by molar-refractivity contribution is 9.10. The number of hydrogen-bond donors (Lipinski definition) is 0. The molecule has 0 spiro atoms. The van der Waals surface area contributed by atoms with Gasteiger partial charge in [0.1, 0.15) is 0 Å². The van der Waals surface area contributed by atoms with E-state index in [1.54, 1.807) is 0 Å². The van der Waals surface area contributed by atoms with E-state index < -0.39 is 0 Å². The summed E-state index contributed by atoms with van der Waals surface area (Å²) < 4.78 is 3.01. The van der Waals surface area contributed by atoms with E-state index in [4.69, 9.17) is 0 Å². The van der Waals surface area contributed by atoms with Crippen molar-refractivity contribution in [2.45, 2.75) is 0 Å². The summed E-state index contributed by atoms with van der Waals surface area (Å²) in [7, 11) is 0. The van der Waals surface area contributed by atoms with Gasteiger partial charge < -0.3 is 0 Å². The Bertz CT molecular complexity index is 1080. The molecule has 0 bridgehead atoms. The summed E-state index contributed by atoms with van der Waals surface area (Å²) in [5.74, 6) is 0.573. The van der Waals surface area contributed by atoms with Crippen molar-refractivity contribution in [2.75, 3.05) is 0 Å². The van der Waals surface area contributed by atoms with Gasteiger partial charge in [0.2, 0.25) is 4.96 Å². The standard InChI is InChI=1S/C17H10BrN3OS/c18-13-8-6-11(7-9-13)10-14-16(22)21-17(23-14)19-15(20-21)12-4-2-1-3-5-12/h1-10H/b14-10-. The number of aromatic nitrogens is 3. The van der Waals surface area contributed by atoms with Crippen LogP contribution < -0.4 is 10.1 Å². The van der Waals surface area contributed by atoms with Gasteiger partial charge in [-0.15, -0.1) is 5.10 Å². The average Bonchev–Trinajstić information content (AvgIpc) is 3.11. The molecule has 0 fully saturated rings. The van der Waals surface area contributed by atoms with Gasteiger partial charge in [-0.3, -0.25) is 4.79 Å². The summed E-state index contributed by atoms with van der Waals surface area (Å²) in [4.78, 5) is 17.5. The molecule has 0 radical (unpaired) electrons. The van der Waals surface area contributed by atoms with Gasteiger partial charge in [-0.1, -0.05) is 69.7 Å². The summed E-state index contributed by atoms with van der Waals surface area (Å²) in [5.41, 5.74) is 1.74. The number of benzene rings is 2. The summed E-state index contributed by atoms with van der Waals surface area (Å²) in [6.07, 6.45) is 1.86. The van der Waals surface area contributed by atoms with E-state index in [0.717, 1.165) is 15.6 Å². The van der Waals surface area contributed by atoms with Crippen LogP contribution in [0.4, 0.5) is 0 Å². The van der Waals surface area contributed by atoms with Crippen LogP contribution in [0.2, 0.25) is 0 Å². The molecule has 2 aromatic heterocycles. The van der Waals surface area contributed by atoms with Crippen molar-refractivity contribution in [3.8, 4) is 11.4 Å². The molecule has 112 valence electrons. The first-order valence-corrected chi connectivity index (χ1v) is 8.54. The molecule has 2 aromatic carbocycles. The van der Waals surface area contributed by atoms with E-state index in [0.29, 0.717) is 15.3 Å². The van der Waals surface area contributed by atoms with E-state index in [-0.39, 0.29) is 5.56 Å². The molecule has 4 aromatic rings. The number of nitrogens with zero attached hydrogens (tertiary/aromatic N) is 3. The van der Waals surface area contributed by atoms with Gasteiger partial charge in [0, 0.05) is 10.0 Å². The van der Waals surface area contributed by atoms with E-state index >= 15 is 0 Å². The van der Waals surface area contributed by atoms with Crippen LogP contribution in [-0.2, 0) is 0 Å². The van der Waals surface area contributed by atoms with Crippen LogP contribution in [0.15, 0.2) is 63.9 Å². The summed E-state index contributed by atoms with van der Waals surface area (Å²) in [6, 6.07) is 17.4. The molecule has 0 unspecified atom stereocenters. The first kappa shape index (κ1) is 14.3. The van der Waals surface area contributed by atoms with Gasteiger partial charge in [0.15, 0.2) is 5.82 Å². The van der Waals surface area contributed by atoms with E-state index in [1.165, 1.54) is 15.9 Å². The van der Waals surface area contributed by atoms with E-state index in [1.807, 2.05) is 60.7 Å². The predicted molar refractivity (Wildman–Crippen MR) is 95.5 cm³/mol. The molecule has 6 heteroatoms. The van der Waals surface area contributed by atoms with Crippen molar-refractivity contribution in [1.82, 2.24) is 14.6 Å². The van der Waals surface area contributed by atoms with Crippen LogP contribution in [0.25, 0.3) is 22.4 Å². The Morgan fingerprint density at radius 2 is 1.78 bits per heavy atom. The molecule has 0 aliphatic rings. The van der Waals surface area contributed by atoms with Crippen molar-refractivity contribution in [3.05, 3.63) is 79.5 Å². The van der Waals surface area contributed by atoms with Crippen molar-refractivity contribution in [2.24, 2.45) is 0 Å². The number of rotatable bonds is 2. The minimum atomic E-state index is -0.136. The van der Waals surface area contributed by atoms with Gasteiger partial charge in [-0.05, 0) is 23.8 Å². The highest BCUT2D eigenvalue weighted by atomic mass is 79.9.